The van der Waals surface area contributed by atoms with Crippen LogP contribution in [0, 0.1) is 5.92 Å². The Morgan fingerprint density at radius 2 is 2.21 bits per heavy atom. The maximum absolute atomic E-state index is 13.7. The monoisotopic (exact) mass is 200 g/mol. The van der Waals surface area contributed by atoms with Gasteiger partial charge in [0, 0.05) is 19.1 Å². The Balaban J connectivity index is 1.91. The second-order valence-corrected chi connectivity index (χ2v) is 4.82. The molecule has 2 rings (SSSR count). The quantitative estimate of drug-likeness (QED) is 0.688. The SMILES string of the molecule is CC1CCCN(C2CCNCC2F)C1. The van der Waals surface area contributed by atoms with Gasteiger partial charge in [0.2, 0.25) is 0 Å². The van der Waals surface area contributed by atoms with Crippen LogP contribution in [0.2, 0.25) is 0 Å². The number of rotatable bonds is 1. The van der Waals surface area contributed by atoms with Crippen LogP contribution in [-0.2, 0) is 0 Å². The van der Waals surface area contributed by atoms with E-state index in [0.717, 1.165) is 32.0 Å². The maximum atomic E-state index is 13.7. The summed E-state index contributed by atoms with van der Waals surface area (Å²) in [4.78, 5) is 2.37. The predicted molar refractivity (Wildman–Crippen MR) is 56.1 cm³/mol. The standard InChI is InChI=1S/C11H21FN2/c1-9-3-2-6-14(8-9)11-4-5-13-7-10(11)12/h9-11,13H,2-8H2,1H3. The number of likely N-dealkylation sites (tertiary alicyclic amines) is 1. The molecule has 0 aromatic carbocycles. The molecule has 2 heterocycles. The zero-order chi connectivity index (χ0) is 9.97. The summed E-state index contributed by atoms with van der Waals surface area (Å²) in [6.07, 6.45) is 2.89. The van der Waals surface area contributed by atoms with Crippen molar-refractivity contribution in [2.45, 2.75) is 38.4 Å². The third-order valence-electron chi connectivity index (χ3n) is 3.53. The van der Waals surface area contributed by atoms with E-state index in [1.807, 2.05) is 0 Å². The highest BCUT2D eigenvalue weighted by molar-refractivity contribution is 4.87. The van der Waals surface area contributed by atoms with Crippen molar-refractivity contribution in [1.82, 2.24) is 10.2 Å². The molecule has 0 aromatic heterocycles. The molecule has 0 spiro atoms. The average molecular weight is 200 g/mol. The van der Waals surface area contributed by atoms with Gasteiger partial charge in [0.25, 0.3) is 0 Å². The molecule has 0 bridgehead atoms. The van der Waals surface area contributed by atoms with Gasteiger partial charge < -0.3 is 5.32 Å². The van der Waals surface area contributed by atoms with Crippen LogP contribution >= 0.6 is 0 Å². The fourth-order valence-electron chi connectivity index (χ4n) is 2.75. The third-order valence-corrected chi connectivity index (χ3v) is 3.53. The highest BCUT2D eigenvalue weighted by Gasteiger charge is 2.31. The Morgan fingerprint density at radius 1 is 1.36 bits per heavy atom. The van der Waals surface area contributed by atoms with E-state index in [1.165, 1.54) is 12.8 Å². The van der Waals surface area contributed by atoms with E-state index in [1.54, 1.807) is 0 Å². The van der Waals surface area contributed by atoms with E-state index in [0.29, 0.717) is 6.54 Å². The van der Waals surface area contributed by atoms with Gasteiger partial charge in [-0.15, -0.1) is 0 Å². The summed E-state index contributed by atoms with van der Waals surface area (Å²) in [6.45, 7) is 6.02. The van der Waals surface area contributed by atoms with Gasteiger partial charge in [-0.1, -0.05) is 6.92 Å². The topological polar surface area (TPSA) is 15.3 Å². The minimum absolute atomic E-state index is 0.194. The minimum atomic E-state index is -0.658. The van der Waals surface area contributed by atoms with Crippen LogP contribution in [-0.4, -0.2) is 43.3 Å². The van der Waals surface area contributed by atoms with Crippen LogP contribution < -0.4 is 5.32 Å². The first kappa shape index (κ1) is 10.4. The van der Waals surface area contributed by atoms with Gasteiger partial charge in [-0.3, -0.25) is 4.90 Å². The number of halogens is 1. The lowest BCUT2D eigenvalue weighted by Crippen LogP contribution is -2.53. The van der Waals surface area contributed by atoms with Crippen molar-refractivity contribution in [2.24, 2.45) is 5.92 Å². The van der Waals surface area contributed by atoms with Crippen molar-refractivity contribution < 1.29 is 4.39 Å². The van der Waals surface area contributed by atoms with Gasteiger partial charge >= 0.3 is 0 Å². The second-order valence-electron chi connectivity index (χ2n) is 4.82. The average Bonchev–Trinajstić information content (AvgIpc) is 2.18. The molecule has 2 aliphatic rings. The molecule has 0 aliphatic carbocycles. The summed E-state index contributed by atoms with van der Waals surface area (Å²) < 4.78 is 13.7. The number of hydrogen-bond acceptors (Lipinski definition) is 2. The minimum Gasteiger partial charge on any atom is -0.314 e. The van der Waals surface area contributed by atoms with E-state index >= 15 is 0 Å². The summed E-state index contributed by atoms with van der Waals surface area (Å²) in [5.74, 6) is 0.755. The Bertz CT molecular complexity index is 186. The van der Waals surface area contributed by atoms with Crippen LogP contribution in [0.3, 0.4) is 0 Å². The van der Waals surface area contributed by atoms with Gasteiger partial charge in [-0.2, -0.15) is 0 Å². The fraction of sp³-hybridized carbons (Fsp3) is 1.00. The van der Waals surface area contributed by atoms with Crippen molar-refractivity contribution in [1.29, 1.82) is 0 Å². The first-order chi connectivity index (χ1) is 6.77. The summed E-state index contributed by atoms with van der Waals surface area (Å²) in [7, 11) is 0. The lowest BCUT2D eigenvalue weighted by Gasteiger charge is -2.40. The molecule has 3 atom stereocenters. The molecule has 0 amide bonds. The summed E-state index contributed by atoms with van der Waals surface area (Å²) in [5.41, 5.74) is 0. The van der Waals surface area contributed by atoms with Gasteiger partial charge in [0.1, 0.15) is 6.17 Å². The Morgan fingerprint density at radius 3 is 2.93 bits per heavy atom. The molecule has 14 heavy (non-hydrogen) atoms. The van der Waals surface area contributed by atoms with Crippen LogP contribution in [0.15, 0.2) is 0 Å². The molecule has 2 saturated heterocycles. The van der Waals surface area contributed by atoms with Crippen LogP contribution in [0.5, 0.6) is 0 Å². The van der Waals surface area contributed by atoms with E-state index in [-0.39, 0.29) is 6.04 Å². The van der Waals surface area contributed by atoms with Gasteiger partial charge in [0.05, 0.1) is 0 Å². The van der Waals surface area contributed by atoms with Crippen molar-refractivity contribution in [3.05, 3.63) is 0 Å². The number of nitrogens with zero attached hydrogens (tertiary/aromatic N) is 1. The number of nitrogens with one attached hydrogen (secondary N) is 1. The van der Waals surface area contributed by atoms with Gasteiger partial charge in [0.15, 0.2) is 0 Å². The van der Waals surface area contributed by atoms with Crippen LogP contribution in [0.25, 0.3) is 0 Å². The molecule has 2 nitrogen and oxygen atoms in total. The largest absolute Gasteiger partial charge is 0.314 e. The summed E-state index contributed by atoms with van der Waals surface area (Å²) in [5, 5.41) is 3.11. The predicted octanol–water partition coefficient (Wildman–Crippen LogP) is 1.42. The smallest absolute Gasteiger partial charge is 0.128 e. The molecular formula is C11H21FN2. The van der Waals surface area contributed by atoms with Crippen molar-refractivity contribution in [3.63, 3.8) is 0 Å². The zero-order valence-corrected chi connectivity index (χ0v) is 9.01. The molecule has 2 aliphatic heterocycles. The zero-order valence-electron chi connectivity index (χ0n) is 9.01. The second kappa shape index (κ2) is 4.58. The van der Waals surface area contributed by atoms with Crippen molar-refractivity contribution >= 4 is 0 Å². The van der Waals surface area contributed by atoms with Crippen LogP contribution in [0.4, 0.5) is 4.39 Å². The molecule has 82 valence electrons. The molecule has 0 aromatic rings. The molecule has 2 fully saturated rings. The first-order valence-electron chi connectivity index (χ1n) is 5.86. The van der Waals surface area contributed by atoms with Crippen molar-refractivity contribution in [3.8, 4) is 0 Å². The highest BCUT2D eigenvalue weighted by Crippen LogP contribution is 2.22. The molecule has 3 heteroatoms. The Labute approximate surface area is 85.9 Å². The van der Waals surface area contributed by atoms with E-state index in [4.69, 9.17) is 0 Å². The van der Waals surface area contributed by atoms with Gasteiger partial charge in [-0.25, -0.2) is 4.39 Å². The van der Waals surface area contributed by atoms with E-state index in [2.05, 4.69) is 17.1 Å². The number of hydrogen-bond donors (Lipinski definition) is 1. The number of piperidine rings is 2. The highest BCUT2D eigenvalue weighted by atomic mass is 19.1. The fourth-order valence-corrected chi connectivity index (χ4v) is 2.75. The van der Waals surface area contributed by atoms with Crippen LogP contribution in [0.1, 0.15) is 26.2 Å². The molecule has 3 unspecified atom stereocenters. The molecule has 0 saturated carbocycles. The normalized spacial score (nSPS) is 41.1. The maximum Gasteiger partial charge on any atom is 0.128 e. The molecule has 0 radical (unpaired) electrons. The Kier molecular flexibility index (Phi) is 3.39. The Hall–Kier alpha value is -0.150. The lowest BCUT2D eigenvalue weighted by molar-refractivity contribution is 0.0533. The molecule has 1 N–H and O–H groups in total. The third kappa shape index (κ3) is 2.26. The van der Waals surface area contributed by atoms with Gasteiger partial charge in [-0.05, 0) is 38.3 Å². The molecular weight excluding hydrogens is 179 g/mol. The number of alkyl halides is 1. The van der Waals surface area contributed by atoms with Crippen molar-refractivity contribution in [2.75, 3.05) is 26.2 Å². The summed E-state index contributed by atoms with van der Waals surface area (Å²) >= 11 is 0. The summed E-state index contributed by atoms with van der Waals surface area (Å²) in [6, 6.07) is 0.194. The van der Waals surface area contributed by atoms with E-state index in [9.17, 15) is 4.39 Å². The van der Waals surface area contributed by atoms with E-state index < -0.39 is 6.17 Å². The lowest BCUT2D eigenvalue weighted by atomic mass is 9.95. The first-order valence-corrected chi connectivity index (χ1v) is 5.86.